The van der Waals surface area contributed by atoms with Crippen LogP contribution in [0.2, 0.25) is 0 Å². The van der Waals surface area contributed by atoms with Gasteiger partial charge in [0.2, 0.25) is 0 Å². The summed E-state index contributed by atoms with van der Waals surface area (Å²) in [5, 5.41) is 3.00. The molecule has 0 radical (unpaired) electrons. The number of nitrogens with one attached hydrogen (secondary N) is 1. The summed E-state index contributed by atoms with van der Waals surface area (Å²) in [6, 6.07) is 12.2. The molecule has 2 aromatic carbocycles. The lowest BCUT2D eigenvalue weighted by Crippen LogP contribution is -2.30. The Hall–Kier alpha value is -2.27. The van der Waals surface area contributed by atoms with Crippen LogP contribution < -0.4 is 5.32 Å². The van der Waals surface area contributed by atoms with Crippen LogP contribution in [0.5, 0.6) is 0 Å². The van der Waals surface area contributed by atoms with E-state index in [1.165, 1.54) is 12.1 Å². The highest BCUT2D eigenvalue weighted by molar-refractivity contribution is 5.97. The number of benzene rings is 2. The minimum absolute atomic E-state index is 0.0644. The quantitative estimate of drug-likeness (QED) is 0.929. The highest BCUT2D eigenvalue weighted by Gasteiger charge is 2.37. The van der Waals surface area contributed by atoms with Crippen molar-refractivity contribution in [2.45, 2.75) is 5.92 Å². The molecule has 5 heteroatoms. The lowest BCUT2D eigenvalue weighted by Gasteiger charge is -2.17. The zero-order valence-corrected chi connectivity index (χ0v) is 13.8. The van der Waals surface area contributed by atoms with Crippen LogP contribution in [0.3, 0.4) is 0 Å². The van der Waals surface area contributed by atoms with E-state index in [1.807, 2.05) is 18.2 Å². The summed E-state index contributed by atoms with van der Waals surface area (Å²) in [5.41, 5.74) is 3.48. The fraction of sp³-hybridized carbons (Fsp3) is 0.350. The second-order valence-electron chi connectivity index (χ2n) is 6.83. The molecule has 2 aliphatic heterocycles. The summed E-state index contributed by atoms with van der Waals surface area (Å²) >= 11 is 0. The molecule has 2 aliphatic rings. The van der Waals surface area contributed by atoms with E-state index in [1.54, 1.807) is 12.1 Å². The zero-order valence-electron chi connectivity index (χ0n) is 13.8. The second kappa shape index (κ2) is 6.56. The average Bonchev–Trinajstić information content (AvgIpc) is 2.97. The van der Waals surface area contributed by atoms with E-state index in [0.717, 1.165) is 29.8 Å². The summed E-state index contributed by atoms with van der Waals surface area (Å²) in [5.74, 6) is 0.208. The molecular formula is C20H20F2N2O. The molecule has 0 saturated carbocycles. The fourth-order valence-corrected chi connectivity index (χ4v) is 4.04. The molecule has 2 aromatic rings. The van der Waals surface area contributed by atoms with Crippen LogP contribution in [0.25, 0.3) is 11.1 Å². The van der Waals surface area contributed by atoms with Gasteiger partial charge in [0.25, 0.3) is 5.91 Å². The van der Waals surface area contributed by atoms with Crippen LogP contribution in [0, 0.1) is 11.7 Å². The Labute approximate surface area is 145 Å². The Kier molecular flexibility index (Phi) is 4.25. The molecule has 130 valence electrons. The van der Waals surface area contributed by atoms with Crippen LogP contribution in [0.15, 0.2) is 42.5 Å². The zero-order chi connectivity index (χ0) is 17.4. The minimum Gasteiger partial charge on any atom is -0.352 e. The van der Waals surface area contributed by atoms with E-state index in [9.17, 15) is 13.6 Å². The van der Waals surface area contributed by atoms with Crippen molar-refractivity contribution in [3.8, 4) is 11.1 Å². The largest absolute Gasteiger partial charge is 0.352 e. The predicted molar refractivity (Wildman–Crippen MR) is 92.8 cm³/mol. The van der Waals surface area contributed by atoms with Crippen molar-refractivity contribution in [2.75, 3.05) is 32.9 Å². The summed E-state index contributed by atoms with van der Waals surface area (Å²) in [6.07, 6.45) is 0. The first-order valence-corrected chi connectivity index (χ1v) is 8.62. The molecule has 3 nitrogen and oxygen atoms in total. The maximum absolute atomic E-state index is 13.1. The van der Waals surface area contributed by atoms with Crippen LogP contribution in [0.1, 0.15) is 21.8 Å². The van der Waals surface area contributed by atoms with Crippen molar-refractivity contribution in [1.82, 2.24) is 10.2 Å². The molecule has 2 heterocycles. The SMILES string of the molecule is O=C1NC[C@H]2CN(CCF)C[C@@H]2c2ccc(-c3ccc(F)cc3)cc21. The summed E-state index contributed by atoms with van der Waals surface area (Å²) in [6.45, 7) is 2.32. The highest BCUT2D eigenvalue weighted by atomic mass is 19.1. The van der Waals surface area contributed by atoms with Crippen LogP contribution in [-0.4, -0.2) is 43.7 Å². The van der Waals surface area contributed by atoms with Crippen molar-refractivity contribution in [3.63, 3.8) is 0 Å². The smallest absolute Gasteiger partial charge is 0.251 e. The highest BCUT2D eigenvalue weighted by Crippen LogP contribution is 2.37. The Morgan fingerprint density at radius 2 is 1.84 bits per heavy atom. The Bertz CT molecular complexity index is 791. The van der Waals surface area contributed by atoms with Gasteiger partial charge in [0.05, 0.1) is 0 Å². The van der Waals surface area contributed by atoms with Crippen molar-refractivity contribution < 1.29 is 13.6 Å². The molecule has 2 atom stereocenters. The first-order chi connectivity index (χ1) is 12.2. The summed E-state index contributed by atoms with van der Waals surface area (Å²) in [7, 11) is 0. The molecule has 25 heavy (non-hydrogen) atoms. The van der Waals surface area contributed by atoms with Gasteiger partial charge in [0.1, 0.15) is 12.5 Å². The monoisotopic (exact) mass is 342 g/mol. The number of amides is 1. The molecule has 0 spiro atoms. The third kappa shape index (κ3) is 3.04. The van der Waals surface area contributed by atoms with Gasteiger partial charge in [-0.15, -0.1) is 0 Å². The number of carbonyl (C=O) groups is 1. The molecule has 1 amide bonds. The van der Waals surface area contributed by atoms with Crippen LogP contribution in [0.4, 0.5) is 8.78 Å². The van der Waals surface area contributed by atoms with Gasteiger partial charge in [-0.2, -0.15) is 0 Å². The molecule has 0 bridgehead atoms. The third-order valence-electron chi connectivity index (χ3n) is 5.32. The Morgan fingerprint density at radius 1 is 1.08 bits per heavy atom. The Morgan fingerprint density at radius 3 is 2.60 bits per heavy atom. The summed E-state index contributed by atoms with van der Waals surface area (Å²) < 4.78 is 25.8. The number of nitrogens with zero attached hydrogens (tertiary/aromatic N) is 1. The molecular weight excluding hydrogens is 322 g/mol. The average molecular weight is 342 g/mol. The van der Waals surface area contributed by atoms with Crippen LogP contribution in [-0.2, 0) is 0 Å². The number of hydrogen-bond acceptors (Lipinski definition) is 2. The maximum atomic E-state index is 13.1. The molecule has 4 rings (SSSR count). The summed E-state index contributed by atoms with van der Waals surface area (Å²) in [4.78, 5) is 14.7. The molecule has 1 fully saturated rings. The molecule has 1 saturated heterocycles. The molecule has 1 N–H and O–H groups in total. The number of fused-ring (bicyclic) bond motifs is 3. The van der Waals surface area contributed by atoms with Gasteiger partial charge in [0.15, 0.2) is 0 Å². The van der Waals surface area contributed by atoms with Gasteiger partial charge in [0, 0.05) is 37.7 Å². The Balaban J connectivity index is 1.71. The number of likely N-dealkylation sites (tertiary alicyclic amines) is 1. The lowest BCUT2D eigenvalue weighted by molar-refractivity contribution is 0.0951. The van der Waals surface area contributed by atoms with Gasteiger partial charge in [-0.3, -0.25) is 9.69 Å². The normalized spacial score (nSPS) is 22.9. The first-order valence-electron chi connectivity index (χ1n) is 8.62. The van der Waals surface area contributed by atoms with Crippen molar-refractivity contribution >= 4 is 5.91 Å². The molecule has 0 unspecified atom stereocenters. The first kappa shape index (κ1) is 16.2. The number of alkyl halides is 1. The lowest BCUT2D eigenvalue weighted by atomic mass is 9.86. The standard InChI is InChI=1S/C20H20F2N2O/c21-7-8-24-11-15-10-23-20(25)18-9-14(3-6-17(18)19(15)12-24)13-1-4-16(22)5-2-13/h1-6,9,15,19H,7-8,10-12H2,(H,23,25)/t15-,19-/m0/s1. The maximum Gasteiger partial charge on any atom is 0.251 e. The minimum atomic E-state index is -0.345. The third-order valence-corrected chi connectivity index (χ3v) is 5.32. The number of carbonyl (C=O) groups excluding carboxylic acids is 1. The van der Waals surface area contributed by atoms with Gasteiger partial charge in [-0.25, -0.2) is 8.78 Å². The molecule has 0 aliphatic carbocycles. The topological polar surface area (TPSA) is 32.3 Å². The van der Waals surface area contributed by atoms with E-state index in [-0.39, 0.29) is 24.3 Å². The van der Waals surface area contributed by atoms with Gasteiger partial charge < -0.3 is 5.32 Å². The van der Waals surface area contributed by atoms with Crippen LogP contribution >= 0.6 is 0 Å². The fourth-order valence-electron chi connectivity index (χ4n) is 4.04. The second-order valence-corrected chi connectivity index (χ2v) is 6.83. The van der Waals surface area contributed by atoms with Crippen molar-refractivity contribution in [2.24, 2.45) is 5.92 Å². The number of halogens is 2. The predicted octanol–water partition coefficient (Wildman–Crippen LogP) is 3.22. The number of rotatable bonds is 3. The molecule has 0 aromatic heterocycles. The van der Waals surface area contributed by atoms with E-state index in [0.29, 0.717) is 24.6 Å². The van der Waals surface area contributed by atoms with Crippen molar-refractivity contribution in [3.05, 3.63) is 59.4 Å². The van der Waals surface area contributed by atoms with Gasteiger partial charge in [-0.1, -0.05) is 24.3 Å². The number of hydrogen-bond donors (Lipinski definition) is 1. The van der Waals surface area contributed by atoms with E-state index in [4.69, 9.17) is 0 Å². The van der Waals surface area contributed by atoms with E-state index < -0.39 is 0 Å². The van der Waals surface area contributed by atoms with Gasteiger partial charge >= 0.3 is 0 Å². The van der Waals surface area contributed by atoms with E-state index >= 15 is 0 Å². The van der Waals surface area contributed by atoms with E-state index in [2.05, 4.69) is 10.2 Å². The van der Waals surface area contributed by atoms with Crippen molar-refractivity contribution in [1.29, 1.82) is 0 Å². The van der Waals surface area contributed by atoms with Gasteiger partial charge in [-0.05, 0) is 40.8 Å².